The van der Waals surface area contributed by atoms with Gasteiger partial charge in [0.15, 0.2) is 11.5 Å². The average Bonchev–Trinajstić information content (AvgIpc) is 2.52. The van der Waals surface area contributed by atoms with Gasteiger partial charge in [-0.1, -0.05) is 13.0 Å². The highest BCUT2D eigenvalue weighted by molar-refractivity contribution is 5.67. The first-order valence-corrected chi connectivity index (χ1v) is 6.65. The Labute approximate surface area is 119 Å². The molecule has 0 aliphatic rings. The van der Waals surface area contributed by atoms with E-state index in [0.29, 0.717) is 0 Å². The summed E-state index contributed by atoms with van der Waals surface area (Å²) < 4.78 is 10.6. The summed E-state index contributed by atoms with van der Waals surface area (Å²) in [6, 6.07) is 8.02. The molecule has 0 radical (unpaired) electrons. The first-order chi connectivity index (χ1) is 9.78. The van der Waals surface area contributed by atoms with Gasteiger partial charge in [-0.05, 0) is 35.9 Å². The van der Waals surface area contributed by atoms with Gasteiger partial charge in [0.2, 0.25) is 0 Å². The minimum absolute atomic E-state index is 0.724. The van der Waals surface area contributed by atoms with Gasteiger partial charge in [-0.25, -0.2) is 0 Å². The van der Waals surface area contributed by atoms with Crippen LogP contribution in [0.4, 0.5) is 0 Å². The fraction of sp³-hybridized carbons (Fsp3) is 0.312. The normalized spacial score (nSPS) is 10.3. The van der Waals surface area contributed by atoms with Crippen molar-refractivity contribution in [1.29, 1.82) is 0 Å². The molecule has 0 bridgehead atoms. The summed E-state index contributed by atoms with van der Waals surface area (Å²) in [5.74, 6) is 1.45. The molecule has 2 aromatic rings. The summed E-state index contributed by atoms with van der Waals surface area (Å²) in [7, 11) is 3.28. The van der Waals surface area contributed by atoms with Gasteiger partial charge < -0.3 is 14.8 Å². The number of rotatable bonds is 6. The number of benzene rings is 1. The molecule has 1 heterocycles. The van der Waals surface area contributed by atoms with Crippen LogP contribution >= 0.6 is 0 Å². The van der Waals surface area contributed by atoms with Crippen molar-refractivity contribution < 1.29 is 9.47 Å². The van der Waals surface area contributed by atoms with Gasteiger partial charge >= 0.3 is 0 Å². The van der Waals surface area contributed by atoms with Gasteiger partial charge in [-0.15, -0.1) is 0 Å². The second kappa shape index (κ2) is 6.91. The van der Waals surface area contributed by atoms with E-state index in [0.717, 1.165) is 35.7 Å². The zero-order valence-electron chi connectivity index (χ0n) is 12.1. The molecule has 0 aliphatic carbocycles. The standard InChI is InChI=1S/C16H20N2O2/c1-4-17-9-12-7-14(11-18-10-12)13-5-6-15(19-2)16(8-13)20-3/h5-8,10-11,17H,4,9H2,1-3H3. The van der Waals surface area contributed by atoms with Gasteiger partial charge in [0, 0.05) is 24.5 Å². The number of aromatic nitrogens is 1. The molecule has 4 heteroatoms. The molecular formula is C16H20N2O2. The minimum Gasteiger partial charge on any atom is -0.493 e. The molecule has 0 unspecified atom stereocenters. The van der Waals surface area contributed by atoms with Crippen LogP contribution in [0.5, 0.6) is 11.5 Å². The number of nitrogens with zero attached hydrogens (tertiary/aromatic N) is 1. The van der Waals surface area contributed by atoms with Gasteiger partial charge in [-0.2, -0.15) is 0 Å². The molecule has 20 heavy (non-hydrogen) atoms. The van der Waals surface area contributed by atoms with Crippen LogP contribution in [0, 0.1) is 0 Å². The highest BCUT2D eigenvalue weighted by Gasteiger charge is 2.07. The largest absolute Gasteiger partial charge is 0.493 e. The van der Waals surface area contributed by atoms with Crippen LogP contribution in [0.3, 0.4) is 0 Å². The molecule has 106 valence electrons. The van der Waals surface area contributed by atoms with E-state index in [-0.39, 0.29) is 0 Å². The molecular weight excluding hydrogens is 252 g/mol. The van der Waals surface area contributed by atoms with Crippen molar-refractivity contribution in [2.75, 3.05) is 20.8 Å². The minimum atomic E-state index is 0.724. The first-order valence-electron chi connectivity index (χ1n) is 6.65. The fourth-order valence-electron chi connectivity index (χ4n) is 2.03. The van der Waals surface area contributed by atoms with Gasteiger partial charge in [0.25, 0.3) is 0 Å². The Hall–Kier alpha value is -2.07. The quantitative estimate of drug-likeness (QED) is 0.878. The number of methoxy groups -OCH3 is 2. The Bertz CT molecular complexity index is 570. The monoisotopic (exact) mass is 272 g/mol. The predicted octanol–water partition coefficient (Wildman–Crippen LogP) is 2.88. The Kier molecular flexibility index (Phi) is 4.96. The molecule has 0 spiro atoms. The van der Waals surface area contributed by atoms with Crippen LogP contribution in [0.25, 0.3) is 11.1 Å². The van der Waals surface area contributed by atoms with Crippen molar-refractivity contribution in [3.8, 4) is 22.6 Å². The Balaban J connectivity index is 2.31. The van der Waals surface area contributed by atoms with E-state index < -0.39 is 0 Å². The zero-order chi connectivity index (χ0) is 14.4. The summed E-state index contributed by atoms with van der Waals surface area (Å²) in [6.45, 7) is 3.86. The van der Waals surface area contributed by atoms with Gasteiger partial charge in [-0.3, -0.25) is 4.98 Å². The summed E-state index contributed by atoms with van der Waals surface area (Å²) >= 11 is 0. The maximum absolute atomic E-state index is 5.34. The van der Waals surface area contributed by atoms with Crippen molar-refractivity contribution in [2.24, 2.45) is 0 Å². The maximum atomic E-state index is 5.34. The molecule has 0 saturated carbocycles. The van der Waals surface area contributed by atoms with Crippen LogP contribution in [0.2, 0.25) is 0 Å². The van der Waals surface area contributed by atoms with E-state index in [1.807, 2.05) is 30.6 Å². The predicted molar refractivity (Wildman–Crippen MR) is 80.2 cm³/mol. The number of pyridine rings is 1. The van der Waals surface area contributed by atoms with E-state index in [9.17, 15) is 0 Å². The van der Waals surface area contributed by atoms with Crippen LogP contribution in [-0.4, -0.2) is 25.7 Å². The maximum Gasteiger partial charge on any atom is 0.161 e. The average molecular weight is 272 g/mol. The smallest absolute Gasteiger partial charge is 0.161 e. The number of nitrogens with one attached hydrogen (secondary N) is 1. The first kappa shape index (κ1) is 14.3. The Morgan fingerprint density at radius 3 is 2.50 bits per heavy atom. The molecule has 2 rings (SSSR count). The second-order valence-corrected chi connectivity index (χ2v) is 4.43. The zero-order valence-corrected chi connectivity index (χ0v) is 12.1. The lowest BCUT2D eigenvalue weighted by Gasteiger charge is -2.10. The highest BCUT2D eigenvalue weighted by atomic mass is 16.5. The molecule has 0 atom stereocenters. The van der Waals surface area contributed by atoms with Crippen LogP contribution in [-0.2, 0) is 6.54 Å². The third kappa shape index (κ3) is 3.27. The lowest BCUT2D eigenvalue weighted by Crippen LogP contribution is -2.11. The summed E-state index contributed by atoms with van der Waals surface area (Å²) in [4.78, 5) is 4.30. The van der Waals surface area contributed by atoms with E-state index in [2.05, 4.69) is 23.3 Å². The molecule has 0 amide bonds. The molecule has 1 aromatic carbocycles. The van der Waals surface area contributed by atoms with Crippen molar-refractivity contribution in [3.05, 3.63) is 42.2 Å². The SMILES string of the molecule is CCNCc1cncc(-c2ccc(OC)c(OC)c2)c1. The van der Waals surface area contributed by atoms with E-state index in [1.54, 1.807) is 14.2 Å². The van der Waals surface area contributed by atoms with E-state index in [1.165, 1.54) is 5.56 Å². The van der Waals surface area contributed by atoms with Crippen LogP contribution < -0.4 is 14.8 Å². The summed E-state index contributed by atoms with van der Waals surface area (Å²) in [5, 5.41) is 3.30. The summed E-state index contributed by atoms with van der Waals surface area (Å²) in [6.07, 6.45) is 3.74. The van der Waals surface area contributed by atoms with Gasteiger partial charge in [0.1, 0.15) is 0 Å². The third-order valence-electron chi connectivity index (χ3n) is 3.09. The molecule has 0 saturated heterocycles. The third-order valence-corrected chi connectivity index (χ3v) is 3.09. The molecule has 1 aromatic heterocycles. The van der Waals surface area contributed by atoms with E-state index >= 15 is 0 Å². The van der Waals surface area contributed by atoms with E-state index in [4.69, 9.17) is 9.47 Å². The highest BCUT2D eigenvalue weighted by Crippen LogP contribution is 2.32. The number of ether oxygens (including phenoxy) is 2. The summed E-state index contributed by atoms with van der Waals surface area (Å²) in [5.41, 5.74) is 3.30. The van der Waals surface area contributed by atoms with Crippen LogP contribution in [0.15, 0.2) is 36.7 Å². The van der Waals surface area contributed by atoms with Crippen LogP contribution in [0.1, 0.15) is 12.5 Å². The molecule has 0 aliphatic heterocycles. The van der Waals surface area contributed by atoms with Crippen molar-refractivity contribution in [1.82, 2.24) is 10.3 Å². The lowest BCUT2D eigenvalue weighted by molar-refractivity contribution is 0.355. The molecule has 0 fully saturated rings. The molecule has 4 nitrogen and oxygen atoms in total. The Morgan fingerprint density at radius 2 is 1.80 bits per heavy atom. The topological polar surface area (TPSA) is 43.4 Å². The number of hydrogen-bond acceptors (Lipinski definition) is 4. The Morgan fingerprint density at radius 1 is 1.00 bits per heavy atom. The number of hydrogen-bond donors (Lipinski definition) is 1. The lowest BCUT2D eigenvalue weighted by atomic mass is 10.1. The van der Waals surface area contributed by atoms with Gasteiger partial charge in [0.05, 0.1) is 14.2 Å². The second-order valence-electron chi connectivity index (χ2n) is 4.43. The van der Waals surface area contributed by atoms with Crippen molar-refractivity contribution >= 4 is 0 Å². The van der Waals surface area contributed by atoms with Crippen molar-refractivity contribution in [2.45, 2.75) is 13.5 Å². The van der Waals surface area contributed by atoms with Crippen molar-refractivity contribution in [3.63, 3.8) is 0 Å². The fourth-order valence-corrected chi connectivity index (χ4v) is 2.03. The molecule has 1 N–H and O–H groups in total.